The van der Waals surface area contributed by atoms with Crippen molar-refractivity contribution in [3.63, 3.8) is 0 Å². The SMILES string of the molecule is CC(=O)N[C@@H](CCCC[n+]1cccc(C)c1)C(=O)O. The number of unbranched alkanes of at least 4 members (excludes halogenated alkanes) is 1. The second-order valence-corrected chi connectivity index (χ2v) is 4.71. The fourth-order valence-corrected chi connectivity index (χ4v) is 1.94. The van der Waals surface area contributed by atoms with E-state index in [1.807, 2.05) is 25.3 Å². The maximum absolute atomic E-state index is 10.9. The summed E-state index contributed by atoms with van der Waals surface area (Å²) < 4.78 is 2.09. The minimum absolute atomic E-state index is 0.305. The minimum atomic E-state index is -0.974. The van der Waals surface area contributed by atoms with Crippen LogP contribution in [-0.4, -0.2) is 23.0 Å². The second-order valence-electron chi connectivity index (χ2n) is 4.71. The minimum Gasteiger partial charge on any atom is -0.480 e. The van der Waals surface area contributed by atoms with Crippen molar-refractivity contribution in [2.75, 3.05) is 0 Å². The van der Waals surface area contributed by atoms with Gasteiger partial charge in [-0.1, -0.05) is 0 Å². The van der Waals surface area contributed by atoms with Gasteiger partial charge in [0.2, 0.25) is 5.91 Å². The van der Waals surface area contributed by atoms with Gasteiger partial charge in [0.05, 0.1) is 0 Å². The molecule has 0 aromatic carbocycles. The number of aryl methyl sites for hydroxylation is 2. The summed E-state index contributed by atoms with van der Waals surface area (Å²) in [7, 11) is 0. The molecule has 104 valence electrons. The van der Waals surface area contributed by atoms with Gasteiger partial charge in [-0.2, -0.15) is 0 Å². The Hall–Kier alpha value is -1.91. The Morgan fingerprint density at radius 1 is 1.42 bits per heavy atom. The van der Waals surface area contributed by atoms with E-state index in [9.17, 15) is 9.59 Å². The van der Waals surface area contributed by atoms with E-state index in [1.54, 1.807) is 0 Å². The highest BCUT2D eigenvalue weighted by Crippen LogP contribution is 2.02. The number of pyridine rings is 1. The molecule has 1 aromatic heterocycles. The third-order valence-corrected chi connectivity index (χ3v) is 2.84. The van der Waals surface area contributed by atoms with E-state index in [4.69, 9.17) is 5.11 Å². The lowest BCUT2D eigenvalue weighted by Gasteiger charge is -2.12. The zero-order valence-corrected chi connectivity index (χ0v) is 11.4. The molecule has 0 radical (unpaired) electrons. The molecule has 1 amide bonds. The van der Waals surface area contributed by atoms with E-state index in [0.717, 1.165) is 19.4 Å². The van der Waals surface area contributed by atoms with Crippen LogP contribution in [0.2, 0.25) is 0 Å². The van der Waals surface area contributed by atoms with Crippen LogP contribution in [0.1, 0.15) is 31.7 Å². The molecule has 0 saturated heterocycles. The molecule has 1 atom stereocenters. The van der Waals surface area contributed by atoms with E-state index in [0.29, 0.717) is 6.42 Å². The molecule has 5 heteroatoms. The van der Waals surface area contributed by atoms with Crippen molar-refractivity contribution < 1.29 is 19.3 Å². The lowest BCUT2D eigenvalue weighted by molar-refractivity contribution is -0.697. The lowest BCUT2D eigenvalue weighted by atomic mass is 10.1. The van der Waals surface area contributed by atoms with Crippen molar-refractivity contribution in [2.45, 2.75) is 45.7 Å². The highest BCUT2D eigenvalue weighted by molar-refractivity contribution is 5.81. The number of nitrogens with zero attached hydrogens (tertiary/aromatic N) is 1. The van der Waals surface area contributed by atoms with Crippen molar-refractivity contribution in [1.29, 1.82) is 0 Å². The number of amides is 1. The van der Waals surface area contributed by atoms with Gasteiger partial charge in [-0.05, 0) is 25.8 Å². The van der Waals surface area contributed by atoms with E-state index in [-0.39, 0.29) is 5.91 Å². The molecule has 0 unspecified atom stereocenters. The number of carboxylic acids is 1. The number of rotatable bonds is 7. The first-order chi connectivity index (χ1) is 8.99. The second kappa shape index (κ2) is 7.51. The van der Waals surface area contributed by atoms with Gasteiger partial charge >= 0.3 is 5.97 Å². The Balaban J connectivity index is 2.32. The molecular weight excluding hydrogens is 244 g/mol. The van der Waals surface area contributed by atoms with Gasteiger partial charge in [0, 0.05) is 25.0 Å². The smallest absolute Gasteiger partial charge is 0.326 e. The molecule has 0 fully saturated rings. The topological polar surface area (TPSA) is 70.3 Å². The van der Waals surface area contributed by atoms with E-state index in [2.05, 4.69) is 16.1 Å². The van der Waals surface area contributed by atoms with Crippen LogP contribution in [0.25, 0.3) is 0 Å². The number of hydrogen-bond donors (Lipinski definition) is 2. The molecule has 5 nitrogen and oxygen atoms in total. The van der Waals surface area contributed by atoms with Crippen LogP contribution in [-0.2, 0) is 16.1 Å². The zero-order valence-electron chi connectivity index (χ0n) is 11.4. The van der Waals surface area contributed by atoms with Gasteiger partial charge in [-0.3, -0.25) is 4.79 Å². The molecule has 0 saturated carbocycles. The molecule has 0 aliphatic heterocycles. The number of carboxylic acid groups (broad SMARTS) is 1. The summed E-state index contributed by atoms with van der Waals surface area (Å²) in [6.07, 6.45) is 6.16. The Morgan fingerprint density at radius 2 is 2.16 bits per heavy atom. The molecule has 0 aliphatic carbocycles. The molecule has 1 aromatic rings. The predicted molar refractivity (Wildman–Crippen MR) is 70.5 cm³/mol. The predicted octanol–water partition coefficient (Wildman–Crippen LogP) is 1.04. The normalized spacial score (nSPS) is 11.9. The largest absolute Gasteiger partial charge is 0.480 e. The molecule has 2 N–H and O–H groups in total. The summed E-state index contributed by atoms with van der Waals surface area (Å²) in [6.45, 7) is 4.22. The van der Waals surface area contributed by atoms with Crippen LogP contribution in [0.15, 0.2) is 24.5 Å². The molecule has 0 aliphatic rings. The number of aromatic nitrogens is 1. The first-order valence-corrected chi connectivity index (χ1v) is 6.44. The van der Waals surface area contributed by atoms with Crippen molar-refractivity contribution in [2.24, 2.45) is 0 Å². The number of carbonyl (C=O) groups is 2. The number of carbonyl (C=O) groups excluding carboxylic acids is 1. The Kier molecular flexibility index (Phi) is 5.99. The van der Waals surface area contributed by atoms with Crippen LogP contribution in [0.4, 0.5) is 0 Å². The van der Waals surface area contributed by atoms with Gasteiger partial charge in [0.1, 0.15) is 12.6 Å². The van der Waals surface area contributed by atoms with Crippen molar-refractivity contribution in [3.8, 4) is 0 Å². The Bertz CT molecular complexity index is 446. The lowest BCUT2D eigenvalue weighted by Crippen LogP contribution is -2.39. The molecular formula is C14H21N2O3+. The quantitative estimate of drug-likeness (QED) is 0.571. The highest BCUT2D eigenvalue weighted by Gasteiger charge is 2.17. The average Bonchev–Trinajstić information content (AvgIpc) is 2.32. The van der Waals surface area contributed by atoms with Crippen LogP contribution >= 0.6 is 0 Å². The first kappa shape index (κ1) is 15.1. The number of aliphatic carboxylic acids is 1. The summed E-state index contributed by atoms with van der Waals surface area (Å²) in [4.78, 5) is 21.8. The van der Waals surface area contributed by atoms with Gasteiger partial charge in [0.25, 0.3) is 0 Å². The molecule has 1 heterocycles. The van der Waals surface area contributed by atoms with Crippen LogP contribution in [0, 0.1) is 6.92 Å². The van der Waals surface area contributed by atoms with Gasteiger partial charge < -0.3 is 10.4 Å². The standard InChI is InChI=1S/C14H20N2O3/c1-11-6-5-9-16(10-11)8-4-3-7-13(14(18)19)15-12(2)17/h5-6,9-10,13H,3-4,7-8H2,1-2H3,(H-,15,17,18,19)/p+1/t13-/m0/s1. The molecule has 1 rings (SSSR count). The summed E-state index contributed by atoms with van der Waals surface area (Å²) in [6, 6.07) is 3.25. The van der Waals surface area contributed by atoms with Crippen molar-refractivity contribution in [3.05, 3.63) is 30.1 Å². The van der Waals surface area contributed by atoms with Gasteiger partial charge in [-0.25, -0.2) is 9.36 Å². The van der Waals surface area contributed by atoms with Gasteiger partial charge in [0.15, 0.2) is 12.4 Å². The fourth-order valence-electron chi connectivity index (χ4n) is 1.94. The third-order valence-electron chi connectivity index (χ3n) is 2.84. The van der Waals surface area contributed by atoms with E-state index < -0.39 is 12.0 Å². The molecule has 0 spiro atoms. The zero-order chi connectivity index (χ0) is 14.3. The van der Waals surface area contributed by atoms with Gasteiger partial charge in [-0.15, -0.1) is 0 Å². The summed E-state index contributed by atoms with van der Waals surface area (Å²) in [5, 5.41) is 11.4. The number of nitrogens with one attached hydrogen (secondary N) is 1. The number of hydrogen-bond acceptors (Lipinski definition) is 2. The highest BCUT2D eigenvalue weighted by atomic mass is 16.4. The average molecular weight is 265 g/mol. The van der Waals surface area contributed by atoms with E-state index >= 15 is 0 Å². The Morgan fingerprint density at radius 3 is 2.74 bits per heavy atom. The molecule has 0 bridgehead atoms. The monoisotopic (exact) mass is 265 g/mol. The van der Waals surface area contributed by atoms with Crippen molar-refractivity contribution in [1.82, 2.24) is 5.32 Å². The first-order valence-electron chi connectivity index (χ1n) is 6.44. The van der Waals surface area contributed by atoms with Crippen molar-refractivity contribution >= 4 is 11.9 Å². The fraction of sp³-hybridized carbons (Fsp3) is 0.500. The van der Waals surface area contributed by atoms with Crippen LogP contribution < -0.4 is 9.88 Å². The molecule has 19 heavy (non-hydrogen) atoms. The van der Waals surface area contributed by atoms with E-state index in [1.165, 1.54) is 12.5 Å². The summed E-state index contributed by atoms with van der Waals surface area (Å²) in [5.74, 6) is -1.28. The van der Waals surface area contributed by atoms with Crippen LogP contribution in [0.5, 0.6) is 0 Å². The third kappa shape index (κ3) is 5.99. The summed E-state index contributed by atoms with van der Waals surface area (Å²) in [5.41, 5.74) is 1.20. The van der Waals surface area contributed by atoms with Crippen LogP contribution in [0.3, 0.4) is 0 Å². The maximum atomic E-state index is 10.9. The summed E-state index contributed by atoms with van der Waals surface area (Å²) >= 11 is 0. The maximum Gasteiger partial charge on any atom is 0.326 e. The Labute approximate surface area is 113 Å².